The summed E-state index contributed by atoms with van der Waals surface area (Å²) in [6, 6.07) is 7.70. The quantitative estimate of drug-likeness (QED) is 0.883. The van der Waals surface area contributed by atoms with Gasteiger partial charge in [0.15, 0.2) is 5.82 Å². The molecule has 0 unspecified atom stereocenters. The molecule has 2 N–H and O–H groups in total. The van der Waals surface area contributed by atoms with Crippen molar-refractivity contribution in [3.05, 3.63) is 30.1 Å². The maximum absolute atomic E-state index is 5.93. The van der Waals surface area contributed by atoms with Crippen molar-refractivity contribution in [3.63, 3.8) is 0 Å². The average Bonchev–Trinajstić information content (AvgIpc) is 2.65. The van der Waals surface area contributed by atoms with Crippen molar-refractivity contribution in [2.24, 2.45) is 5.73 Å². The van der Waals surface area contributed by atoms with Gasteiger partial charge in [0.05, 0.1) is 11.0 Å². The largest absolute Gasteiger partial charge is 0.330 e. The van der Waals surface area contributed by atoms with Gasteiger partial charge in [-0.3, -0.25) is 0 Å². The van der Waals surface area contributed by atoms with Crippen LogP contribution in [0.5, 0.6) is 0 Å². The number of nitrogens with two attached hydrogens (primary N) is 1. The Kier molecular flexibility index (Phi) is 3.83. The number of nitrogens with zero attached hydrogens (tertiary/aromatic N) is 2. The minimum Gasteiger partial charge on any atom is -0.330 e. The van der Waals surface area contributed by atoms with Crippen LogP contribution in [0.2, 0.25) is 0 Å². The van der Waals surface area contributed by atoms with Crippen LogP contribution in [-0.4, -0.2) is 16.1 Å². The Labute approximate surface area is 114 Å². The summed E-state index contributed by atoms with van der Waals surface area (Å²) < 4.78 is 0.392. The normalized spacial score (nSPS) is 12.2. The van der Waals surface area contributed by atoms with Gasteiger partial charge in [-0.25, -0.2) is 4.98 Å². The second-order valence-corrected chi connectivity index (χ2v) is 6.00. The van der Waals surface area contributed by atoms with Crippen LogP contribution < -0.4 is 5.73 Å². The Bertz CT molecular complexity index is 516. The van der Waals surface area contributed by atoms with Gasteiger partial charge in [0.2, 0.25) is 3.79 Å². The number of hydrogen-bond donors (Lipinski definition) is 1. The maximum Gasteiger partial charge on any atom is 0.248 e. The second-order valence-electron chi connectivity index (χ2n) is 3.72. The van der Waals surface area contributed by atoms with Gasteiger partial charge in [-0.2, -0.15) is 0 Å². The topological polar surface area (TPSA) is 43.8 Å². The molecule has 0 bridgehead atoms. The molecule has 0 amide bonds. The molecule has 0 saturated carbocycles. The molecule has 17 heavy (non-hydrogen) atoms. The van der Waals surface area contributed by atoms with Gasteiger partial charge in [0.1, 0.15) is 0 Å². The van der Waals surface area contributed by atoms with E-state index < -0.39 is 3.79 Å². The second kappa shape index (κ2) is 5.02. The van der Waals surface area contributed by atoms with Crippen molar-refractivity contribution in [3.8, 4) is 0 Å². The highest BCUT2D eigenvalue weighted by atomic mass is 35.6. The molecule has 0 aliphatic rings. The van der Waals surface area contributed by atoms with Crippen LogP contribution in [0.1, 0.15) is 12.2 Å². The monoisotopic (exact) mass is 291 g/mol. The lowest BCUT2D eigenvalue weighted by molar-refractivity contribution is 0.638. The number of imidazole rings is 1. The van der Waals surface area contributed by atoms with E-state index in [1.807, 2.05) is 28.8 Å². The van der Waals surface area contributed by atoms with E-state index in [0.717, 1.165) is 17.5 Å². The highest BCUT2D eigenvalue weighted by molar-refractivity contribution is 6.66. The summed E-state index contributed by atoms with van der Waals surface area (Å²) in [5.41, 5.74) is 7.30. The SMILES string of the molecule is NCCCn1c(C(Cl)(Cl)Cl)nc2ccccc21. The lowest BCUT2D eigenvalue weighted by Gasteiger charge is -2.13. The number of aryl methyl sites for hydroxylation is 1. The van der Waals surface area contributed by atoms with Gasteiger partial charge >= 0.3 is 0 Å². The van der Waals surface area contributed by atoms with E-state index in [-0.39, 0.29) is 0 Å². The van der Waals surface area contributed by atoms with E-state index in [2.05, 4.69) is 4.98 Å². The molecular weight excluding hydrogens is 281 g/mol. The number of aromatic nitrogens is 2. The first-order valence-electron chi connectivity index (χ1n) is 5.26. The van der Waals surface area contributed by atoms with Crippen LogP contribution >= 0.6 is 34.8 Å². The molecule has 0 aliphatic heterocycles. The van der Waals surface area contributed by atoms with Crippen molar-refractivity contribution >= 4 is 45.8 Å². The maximum atomic E-state index is 5.93. The third kappa shape index (κ3) is 2.68. The van der Waals surface area contributed by atoms with Crippen molar-refractivity contribution in [1.29, 1.82) is 0 Å². The number of halogens is 3. The number of fused-ring (bicyclic) bond motifs is 1. The number of benzene rings is 1. The molecular formula is C11H12Cl3N3. The third-order valence-electron chi connectivity index (χ3n) is 2.49. The first-order valence-corrected chi connectivity index (χ1v) is 6.40. The van der Waals surface area contributed by atoms with Gasteiger partial charge in [0.25, 0.3) is 0 Å². The Balaban J connectivity index is 2.57. The lowest BCUT2D eigenvalue weighted by atomic mass is 10.3. The van der Waals surface area contributed by atoms with E-state index in [1.54, 1.807) is 0 Å². The fourth-order valence-electron chi connectivity index (χ4n) is 1.77. The molecule has 1 aromatic carbocycles. The van der Waals surface area contributed by atoms with Crippen molar-refractivity contribution in [2.75, 3.05) is 6.54 Å². The van der Waals surface area contributed by atoms with E-state index in [4.69, 9.17) is 40.5 Å². The van der Waals surface area contributed by atoms with Gasteiger partial charge in [-0.05, 0) is 25.1 Å². The molecule has 92 valence electrons. The van der Waals surface area contributed by atoms with Gasteiger partial charge in [-0.15, -0.1) is 0 Å². The van der Waals surface area contributed by atoms with Gasteiger partial charge in [0, 0.05) is 6.54 Å². The summed E-state index contributed by atoms with van der Waals surface area (Å²) in [4.78, 5) is 4.36. The zero-order chi connectivity index (χ0) is 12.5. The number of alkyl halides is 3. The summed E-state index contributed by atoms with van der Waals surface area (Å²) in [7, 11) is 0. The zero-order valence-electron chi connectivity index (χ0n) is 9.04. The molecule has 2 aromatic rings. The molecule has 0 spiro atoms. The lowest BCUT2D eigenvalue weighted by Crippen LogP contribution is -2.14. The van der Waals surface area contributed by atoms with Crippen LogP contribution in [0.3, 0.4) is 0 Å². The Morgan fingerprint density at radius 2 is 1.94 bits per heavy atom. The van der Waals surface area contributed by atoms with E-state index in [9.17, 15) is 0 Å². The summed E-state index contributed by atoms with van der Waals surface area (Å²) in [5, 5.41) is 0. The highest BCUT2D eigenvalue weighted by Crippen LogP contribution is 2.39. The van der Waals surface area contributed by atoms with Crippen LogP contribution in [0, 0.1) is 0 Å². The molecule has 0 aliphatic carbocycles. The Morgan fingerprint density at radius 3 is 2.59 bits per heavy atom. The van der Waals surface area contributed by atoms with Crippen LogP contribution in [0.25, 0.3) is 11.0 Å². The summed E-state index contributed by atoms with van der Waals surface area (Å²) in [5.74, 6) is 0.442. The zero-order valence-corrected chi connectivity index (χ0v) is 11.3. The fraction of sp³-hybridized carbons (Fsp3) is 0.364. The molecule has 3 nitrogen and oxygen atoms in total. The highest BCUT2D eigenvalue weighted by Gasteiger charge is 2.30. The average molecular weight is 293 g/mol. The molecule has 2 rings (SSSR count). The van der Waals surface area contributed by atoms with E-state index >= 15 is 0 Å². The first kappa shape index (κ1) is 13.0. The fourth-order valence-corrected chi connectivity index (χ4v) is 2.20. The number of rotatable bonds is 3. The van der Waals surface area contributed by atoms with Crippen molar-refractivity contribution < 1.29 is 0 Å². The predicted octanol–water partition coefficient (Wildman–Crippen LogP) is 3.21. The first-order chi connectivity index (χ1) is 8.04. The Hall–Kier alpha value is -0.480. The van der Waals surface area contributed by atoms with E-state index in [1.165, 1.54) is 0 Å². The molecule has 0 atom stereocenters. The summed E-state index contributed by atoms with van der Waals surface area (Å²) in [6.07, 6.45) is 0.814. The molecule has 0 radical (unpaired) electrons. The minimum atomic E-state index is -1.52. The summed E-state index contributed by atoms with van der Waals surface area (Å²) in [6.45, 7) is 1.28. The summed E-state index contributed by atoms with van der Waals surface area (Å²) >= 11 is 17.8. The molecule has 1 heterocycles. The predicted molar refractivity (Wildman–Crippen MR) is 72.6 cm³/mol. The van der Waals surface area contributed by atoms with Crippen LogP contribution in [-0.2, 0) is 10.3 Å². The van der Waals surface area contributed by atoms with Crippen LogP contribution in [0.4, 0.5) is 0 Å². The molecule has 1 aromatic heterocycles. The minimum absolute atomic E-state index is 0.442. The van der Waals surface area contributed by atoms with Crippen molar-refractivity contribution in [1.82, 2.24) is 9.55 Å². The number of hydrogen-bond acceptors (Lipinski definition) is 2. The smallest absolute Gasteiger partial charge is 0.248 e. The van der Waals surface area contributed by atoms with Crippen LogP contribution in [0.15, 0.2) is 24.3 Å². The van der Waals surface area contributed by atoms with Gasteiger partial charge in [-0.1, -0.05) is 46.9 Å². The third-order valence-corrected chi connectivity index (χ3v) is 3.00. The van der Waals surface area contributed by atoms with Crippen molar-refractivity contribution in [2.45, 2.75) is 16.8 Å². The molecule has 6 heteroatoms. The van der Waals surface area contributed by atoms with E-state index in [0.29, 0.717) is 18.9 Å². The molecule has 0 saturated heterocycles. The van der Waals surface area contributed by atoms with Gasteiger partial charge < -0.3 is 10.3 Å². The molecule has 0 fully saturated rings. The standard InChI is InChI=1S/C11H12Cl3N3/c12-11(13,14)10-16-8-4-1-2-5-9(8)17(10)7-3-6-15/h1-2,4-5H,3,6-7,15H2. The Morgan fingerprint density at radius 1 is 1.24 bits per heavy atom. The number of para-hydroxylation sites is 2.